The molecule has 146 valence electrons. The molecule has 1 aliphatic heterocycles. The normalized spacial score (nSPS) is 14.6. The number of aromatic nitrogens is 1. The van der Waals surface area contributed by atoms with Crippen molar-refractivity contribution in [2.75, 3.05) is 20.2 Å². The van der Waals surface area contributed by atoms with E-state index < -0.39 is 5.97 Å². The molecule has 7 nitrogen and oxygen atoms in total. The van der Waals surface area contributed by atoms with Crippen molar-refractivity contribution in [3.8, 4) is 5.75 Å². The van der Waals surface area contributed by atoms with Crippen LogP contribution in [0.4, 0.5) is 0 Å². The van der Waals surface area contributed by atoms with Crippen LogP contribution in [0.2, 0.25) is 0 Å². The van der Waals surface area contributed by atoms with Crippen molar-refractivity contribution in [1.82, 2.24) is 9.88 Å². The van der Waals surface area contributed by atoms with Gasteiger partial charge in [-0.25, -0.2) is 4.79 Å². The third-order valence-electron chi connectivity index (χ3n) is 5.09. The van der Waals surface area contributed by atoms with Crippen molar-refractivity contribution in [3.05, 3.63) is 58.9 Å². The van der Waals surface area contributed by atoms with Crippen molar-refractivity contribution in [1.29, 1.82) is 0 Å². The lowest BCUT2D eigenvalue weighted by Gasteiger charge is -2.31. The summed E-state index contributed by atoms with van der Waals surface area (Å²) in [7, 11) is 1.58. The number of amides is 1. The highest BCUT2D eigenvalue weighted by Gasteiger charge is 2.29. The summed E-state index contributed by atoms with van der Waals surface area (Å²) in [5.74, 6) is -0.651. The number of carbonyl (C=O) groups excluding carboxylic acids is 2. The average molecular weight is 382 g/mol. The predicted octanol–water partition coefficient (Wildman–Crippen LogP) is 2.83. The molecule has 0 atom stereocenters. The van der Waals surface area contributed by atoms with Crippen molar-refractivity contribution >= 4 is 17.7 Å². The number of carboxylic acid groups (broad SMARTS) is 1. The summed E-state index contributed by atoms with van der Waals surface area (Å²) in [5.41, 5.74) is 1.45. The predicted molar refractivity (Wildman–Crippen MR) is 102 cm³/mol. The lowest BCUT2D eigenvalue weighted by atomic mass is 9.88. The molecule has 1 aliphatic rings. The number of pyridine rings is 1. The fraction of sp³-hybridized carbons (Fsp3) is 0.333. The largest absolute Gasteiger partial charge is 0.497 e. The molecule has 7 heteroatoms. The van der Waals surface area contributed by atoms with Crippen LogP contribution in [0.1, 0.15) is 49.6 Å². The highest BCUT2D eigenvalue weighted by atomic mass is 16.5. The summed E-state index contributed by atoms with van der Waals surface area (Å²) in [6.45, 7) is 2.57. The molecule has 0 spiro atoms. The SMILES string of the molecule is COc1ccc(C(=O)C2CCN(C(=O)c3cc(C)c(C(=O)O)cn3)CC2)cc1. The van der Waals surface area contributed by atoms with Gasteiger partial charge in [0.2, 0.25) is 0 Å². The number of rotatable bonds is 5. The summed E-state index contributed by atoms with van der Waals surface area (Å²) in [6, 6.07) is 8.55. The summed E-state index contributed by atoms with van der Waals surface area (Å²) in [4.78, 5) is 42.1. The molecule has 2 heterocycles. The van der Waals surface area contributed by atoms with Crippen molar-refractivity contribution in [3.63, 3.8) is 0 Å². The first-order valence-electron chi connectivity index (χ1n) is 9.08. The fourth-order valence-corrected chi connectivity index (χ4v) is 3.39. The van der Waals surface area contributed by atoms with E-state index >= 15 is 0 Å². The van der Waals surface area contributed by atoms with E-state index in [1.165, 1.54) is 12.3 Å². The number of aryl methyl sites for hydroxylation is 1. The summed E-state index contributed by atoms with van der Waals surface area (Å²) in [6.07, 6.45) is 2.39. The first-order valence-corrected chi connectivity index (χ1v) is 9.08. The van der Waals surface area contributed by atoms with Crippen LogP contribution in [0.5, 0.6) is 5.75 Å². The molecular formula is C21H22N2O5. The minimum absolute atomic E-state index is 0.0783. The van der Waals surface area contributed by atoms with Gasteiger partial charge in [0.1, 0.15) is 11.4 Å². The topological polar surface area (TPSA) is 96.8 Å². The molecule has 0 aliphatic carbocycles. The standard InChI is InChI=1S/C21H22N2O5/c1-13-11-18(22-12-17(13)21(26)27)20(25)23-9-7-15(8-10-23)19(24)14-3-5-16(28-2)6-4-14/h3-6,11-12,15H,7-10H2,1-2H3,(H,26,27). The summed E-state index contributed by atoms with van der Waals surface area (Å²) in [5, 5.41) is 9.07. The van der Waals surface area contributed by atoms with E-state index in [4.69, 9.17) is 9.84 Å². The molecule has 1 N–H and O–H groups in total. The van der Waals surface area contributed by atoms with Crippen molar-refractivity contribution in [2.45, 2.75) is 19.8 Å². The van der Waals surface area contributed by atoms with E-state index in [1.54, 1.807) is 43.2 Å². The number of hydrogen-bond acceptors (Lipinski definition) is 5. The zero-order valence-corrected chi connectivity index (χ0v) is 15.8. The number of nitrogens with zero attached hydrogens (tertiary/aromatic N) is 2. The molecule has 0 unspecified atom stereocenters. The second-order valence-corrected chi connectivity index (χ2v) is 6.85. The minimum Gasteiger partial charge on any atom is -0.497 e. The molecule has 0 radical (unpaired) electrons. The summed E-state index contributed by atoms with van der Waals surface area (Å²) < 4.78 is 5.11. The maximum atomic E-state index is 12.7. The molecule has 0 bridgehead atoms. The van der Waals surface area contributed by atoms with Gasteiger partial charge < -0.3 is 14.7 Å². The van der Waals surface area contributed by atoms with E-state index in [9.17, 15) is 14.4 Å². The van der Waals surface area contributed by atoms with Crippen LogP contribution >= 0.6 is 0 Å². The lowest BCUT2D eigenvalue weighted by molar-refractivity contribution is 0.0643. The van der Waals surface area contributed by atoms with Gasteiger partial charge in [-0.05, 0) is 55.7 Å². The number of likely N-dealkylation sites (tertiary alicyclic amines) is 1. The van der Waals surface area contributed by atoms with Crippen LogP contribution in [0.15, 0.2) is 36.5 Å². The van der Waals surface area contributed by atoms with Gasteiger partial charge in [0.25, 0.3) is 5.91 Å². The van der Waals surface area contributed by atoms with Crippen LogP contribution in [-0.2, 0) is 0 Å². The summed E-state index contributed by atoms with van der Waals surface area (Å²) >= 11 is 0. The number of aromatic carboxylic acids is 1. The van der Waals surface area contributed by atoms with Gasteiger partial charge in [0.05, 0.1) is 12.7 Å². The number of carboxylic acids is 1. The number of carbonyl (C=O) groups is 3. The van der Waals surface area contributed by atoms with E-state index in [1.807, 2.05) is 0 Å². The highest BCUT2D eigenvalue weighted by Crippen LogP contribution is 2.24. The fourth-order valence-electron chi connectivity index (χ4n) is 3.39. The van der Waals surface area contributed by atoms with E-state index in [0.29, 0.717) is 42.8 Å². The Bertz CT molecular complexity index is 900. The second kappa shape index (κ2) is 8.21. The van der Waals surface area contributed by atoms with Crippen LogP contribution in [-0.4, -0.2) is 52.8 Å². The smallest absolute Gasteiger partial charge is 0.337 e. The molecule has 1 aromatic heterocycles. The van der Waals surface area contributed by atoms with Gasteiger partial charge in [-0.1, -0.05) is 0 Å². The first-order chi connectivity index (χ1) is 13.4. The molecule has 1 aromatic carbocycles. The molecule has 1 amide bonds. The zero-order chi connectivity index (χ0) is 20.3. The van der Waals surface area contributed by atoms with Crippen molar-refractivity contribution in [2.24, 2.45) is 5.92 Å². The molecule has 1 saturated heterocycles. The lowest BCUT2D eigenvalue weighted by Crippen LogP contribution is -2.40. The number of piperidine rings is 1. The Balaban J connectivity index is 1.63. The Kier molecular flexibility index (Phi) is 5.73. The van der Waals surface area contributed by atoms with Gasteiger partial charge in [-0.15, -0.1) is 0 Å². The van der Waals surface area contributed by atoms with E-state index in [-0.39, 0.29) is 28.9 Å². The van der Waals surface area contributed by atoms with Gasteiger partial charge in [-0.2, -0.15) is 0 Å². The quantitative estimate of drug-likeness (QED) is 0.799. The van der Waals surface area contributed by atoms with E-state index in [2.05, 4.69) is 4.98 Å². The van der Waals surface area contributed by atoms with Crippen LogP contribution in [0.3, 0.4) is 0 Å². The number of methoxy groups -OCH3 is 1. The van der Waals surface area contributed by atoms with Crippen molar-refractivity contribution < 1.29 is 24.2 Å². The second-order valence-electron chi connectivity index (χ2n) is 6.85. The monoisotopic (exact) mass is 382 g/mol. The van der Waals surface area contributed by atoms with Gasteiger partial charge in [-0.3, -0.25) is 14.6 Å². The third-order valence-corrected chi connectivity index (χ3v) is 5.09. The number of hydrogen-bond donors (Lipinski definition) is 1. The molecule has 28 heavy (non-hydrogen) atoms. The van der Waals surface area contributed by atoms with Crippen LogP contribution < -0.4 is 4.74 Å². The Morgan fingerprint density at radius 2 is 1.79 bits per heavy atom. The Hall–Kier alpha value is -3.22. The Morgan fingerprint density at radius 1 is 1.14 bits per heavy atom. The number of Topliss-reactive ketones (excluding diaryl/α,β-unsaturated/α-hetero) is 1. The highest BCUT2D eigenvalue weighted by molar-refractivity contribution is 5.98. The third kappa shape index (κ3) is 4.03. The van der Waals surface area contributed by atoms with Gasteiger partial charge in [0, 0.05) is 30.8 Å². The Labute approximate surface area is 163 Å². The van der Waals surface area contributed by atoms with Crippen LogP contribution in [0, 0.1) is 12.8 Å². The Morgan fingerprint density at radius 3 is 2.32 bits per heavy atom. The minimum atomic E-state index is -1.07. The molecule has 2 aromatic rings. The number of benzene rings is 1. The molecule has 0 saturated carbocycles. The maximum Gasteiger partial charge on any atom is 0.337 e. The number of ether oxygens (including phenoxy) is 1. The van der Waals surface area contributed by atoms with Gasteiger partial charge >= 0.3 is 5.97 Å². The van der Waals surface area contributed by atoms with Gasteiger partial charge in [0.15, 0.2) is 5.78 Å². The molecule has 1 fully saturated rings. The molecular weight excluding hydrogens is 360 g/mol. The van der Waals surface area contributed by atoms with Crippen LogP contribution in [0.25, 0.3) is 0 Å². The average Bonchev–Trinajstić information content (AvgIpc) is 2.72. The molecule has 3 rings (SSSR count). The van der Waals surface area contributed by atoms with E-state index in [0.717, 1.165) is 0 Å². The number of ketones is 1. The first kappa shape index (κ1) is 19.5. The maximum absolute atomic E-state index is 12.7. The zero-order valence-electron chi connectivity index (χ0n) is 15.8.